The van der Waals surface area contributed by atoms with Crippen LogP contribution in [0.5, 0.6) is 0 Å². The first-order chi connectivity index (χ1) is 13.5. The molecule has 2 N–H and O–H groups in total. The molecule has 1 aliphatic heterocycles. The number of carbonyl (C=O) groups excluding carboxylic acids is 1. The molecule has 0 bridgehead atoms. The number of piperidine rings is 1. The molecule has 0 saturated carbocycles. The van der Waals surface area contributed by atoms with Crippen molar-refractivity contribution in [1.82, 2.24) is 14.9 Å². The van der Waals surface area contributed by atoms with E-state index in [9.17, 15) is 14.3 Å². The van der Waals surface area contributed by atoms with E-state index in [1.165, 1.54) is 12.1 Å². The number of β-amino-alcohol motifs (C(OH)–C–C–N with tert-alkyl or cyclic N) is 1. The van der Waals surface area contributed by atoms with Crippen LogP contribution in [0.1, 0.15) is 34.1 Å². The Morgan fingerprint density at radius 2 is 1.89 bits per heavy atom. The van der Waals surface area contributed by atoms with Crippen molar-refractivity contribution in [3.63, 3.8) is 0 Å². The summed E-state index contributed by atoms with van der Waals surface area (Å²) < 4.78 is 13.1. The number of aromatic amines is 1. The predicted molar refractivity (Wildman–Crippen MR) is 104 cm³/mol. The molecule has 2 aromatic carbocycles. The summed E-state index contributed by atoms with van der Waals surface area (Å²) in [6.45, 7) is 2.63. The number of nitrogens with one attached hydrogen (secondary N) is 1. The smallest absolute Gasteiger partial charge is 0.274 e. The second-order valence-corrected chi connectivity index (χ2v) is 7.19. The van der Waals surface area contributed by atoms with Gasteiger partial charge in [-0.05, 0) is 43.2 Å². The van der Waals surface area contributed by atoms with Crippen LogP contribution in [0.2, 0.25) is 0 Å². The molecule has 5 nitrogen and oxygen atoms in total. The summed E-state index contributed by atoms with van der Waals surface area (Å²) in [4.78, 5) is 22.2. The standard InChI is InChI=1S/C22H22FN3O2/c1-14-20(25-21(24-14)16-7-9-17(23)10-8-16)22(28)26-12-11-18(19(27)13-26)15-5-3-2-4-6-15/h2-10,18-19,27H,11-13H2,1H3,(H,24,25)/t18-,19-/m1/s1. The van der Waals surface area contributed by atoms with E-state index in [0.29, 0.717) is 35.7 Å². The molecule has 0 unspecified atom stereocenters. The number of likely N-dealkylation sites (tertiary alicyclic amines) is 1. The molecule has 0 aliphatic carbocycles. The summed E-state index contributed by atoms with van der Waals surface area (Å²) in [5.74, 6) is 0.0344. The normalized spacial score (nSPS) is 19.6. The summed E-state index contributed by atoms with van der Waals surface area (Å²) in [7, 11) is 0. The van der Waals surface area contributed by atoms with Crippen molar-refractivity contribution < 1.29 is 14.3 Å². The third-order valence-corrected chi connectivity index (χ3v) is 5.30. The average molecular weight is 379 g/mol. The number of benzene rings is 2. The Balaban J connectivity index is 1.50. The Kier molecular flexibility index (Phi) is 4.96. The Hall–Kier alpha value is -2.99. The van der Waals surface area contributed by atoms with Crippen LogP contribution in [-0.4, -0.2) is 45.1 Å². The molecule has 144 valence electrons. The van der Waals surface area contributed by atoms with Crippen LogP contribution in [0, 0.1) is 12.7 Å². The third kappa shape index (κ3) is 3.55. The first-order valence-electron chi connectivity index (χ1n) is 9.38. The number of nitrogens with zero attached hydrogens (tertiary/aromatic N) is 2. The number of hydrogen-bond acceptors (Lipinski definition) is 3. The van der Waals surface area contributed by atoms with Gasteiger partial charge < -0.3 is 15.0 Å². The summed E-state index contributed by atoms with van der Waals surface area (Å²) in [5, 5.41) is 10.6. The maximum Gasteiger partial charge on any atom is 0.274 e. The van der Waals surface area contributed by atoms with Crippen molar-refractivity contribution >= 4 is 5.91 Å². The number of hydrogen-bond donors (Lipinski definition) is 2. The molecule has 1 amide bonds. The van der Waals surface area contributed by atoms with Crippen molar-refractivity contribution in [2.75, 3.05) is 13.1 Å². The lowest BCUT2D eigenvalue weighted by Crippen LogP contribution is -2.46. The van der Waals surface area contributed by atoms with E-state index < -0.39 is 6.10 Å². The highest BCUT2D eigenvalue weighted by Gasteiger charge is 2.32. The highest BCUT2D eigenvalue weighted by atomic mass is 19.1. The van der Waals surface area contributed by atoms with Gasteiger partial charge in [0.2, 0.25) is 0 Å². The fourth-order valence-corrected chi connectivity index (χ4v) is 3.77. The van der Waals surface area contributed by atoms with Gasteiger partial charge in [0.1, 0.15) is 17.3 Å². The molecule has 2 heterocycles. The zero-order chi connectivity index (χ0) is 19.7. The van der Waals surface area contributed by atoms with Crippen LogP contribution in [-0.2, 0) is 0 Å². The molecule has 6 heteroatoms. The van der Waals surface area contributed by atoms with Gasteiger partial charge in [-0.3, -0.25) is 4.79 Å². The number of H-pyrrole nitrogens is 1. The predicted octanol–water partition coefficient (Wildman–Crippen LogP) is 3.51. The van der Waals surface area contributed by atoms with E-state index in [4.69, 9.17) is 0 Å². The Morgan fingerprint density at radius 1 is 1.18 bits per heavy atom. The largest absolute Gasteiger partial charge is 0.391 e. The molecule has 1 aromatic heterocycles. The van der Waals surface area contributed by atoms with Gasteiger partial charge in [-0.2, -0.15) is 0 Å². The van der Waals surface area contributed by atoms with E-state index in [-0.39, 0.29) is 24.2 Å². The Morgan fingerprint density at radius 3 is 2.57 bits per heavy atom. The molecule has 0 radical (unpaired) electrons. The van der Waals surface area contributed by atoms with E-state index in [2.05, 4.69) is 9.97 Å². The van der Waals surface area contributed by atoms with Crippen molar-refractivity contribution in [1.29, 1.82) is 0 Å². The van der Waals surface area contributed by atoms with Gasteiger partial charge in [0.05, 0.1) is 6.10 Å². The number of amides is 1. The number of aliphatic hydroxyl groups excluding tert-OH is 1. The molecular weight excluding hydrogens is 357 g/mol. The fourth-order valence-electron chi connectivity index (χ4n) is 3.77. The minimum atomic E-state index is -0.615. The molecule has 1 aliphatic rings. The fraction of sp³-hybridized carbons (Fsp3) is 0.273. The van der Waals surface area contributed by atoms with Crippen LogP contribution < -0.4 is 0 Å². The first kappa shape index (κ1) is 18.4. The number of rotatable bonds is 3. The maximum absolute atomic E-state index is 13.1. The van der Waals surface area contributed by atoms with Crippen molar-refractivity contribution in [2.24, 2.45) is 0 Å². The number of aromatic nitrogens is 2. The van der Waals surface area contributed by atoms with Gasteiger partial charge in [0.25, 0.3) is 5.91 Å². The summed E-state index contributed by atoms with van der Waals surface area (Å²) >= 11 is 0. The molecule has 2 atom stereocenters. The Bertz CT molecular complexity index is 969. The lowest BCUT2D eigenvalue weighted by atomic mass is 9.87. The van der Waals surface area contributed by atoms with Gasteiger partial charge in [0.15, 0.2) is 0 Å². The average Bonchev–Trinajstić information content (AvgIpc) is 3.10. The zero-order valence-electron chi connectivity index (χ0n) is 15.6. The summed E-state index contributed by atoms with van der Waals surface area (Å²) in [5.41, 5.74) is 2.80. The molecular formula is C22H22FN3O2. The van der Waals surface area contributed by atoms with Crippen LogP contribution in [0.3, 0.4) is 0 Å². The van der Waals surface area contributed by atoms with E-state index in [1.807, 2.05) is 30.3 Å². The summed E-state index contributed by atoms with van der Waals surface area (Å²) in [6, 6.07) is 15.9. The molecule has 4 rings (SSSR count). The van der Waals surface area contributed by atoms with Gasteiger partial charge >= 0.3 is 0 Å². The monoisotopic (exact) mass is 379 g/mol. The lowest BCUT2D eigenvalue weighted by molar-refractivity contribution is 0.0377. The topological polar surface area (TPSA) is 69.2 Å². The highest BCUT2D eigenvalue weighted by molar-refractivity contribution is 5.94. The zero-order valence-corrected chi connectivity index (χ0v) is 15.6. The van der Waals surface area contributed by atoms with Crippen LogP contribution >= 0.6 is 0 Å². The lowest BCUT2D eigenvalue weighted by Gasteiger charge is -2.36. The van der Waals surface area contributed by atoms with Crippen molar-refractivity contribution in [3.8, 4) is 11.4 Å². The second kappa shape index (κ2) is 7.56. The van der Waals surface area contributed by atoms with E-state index in [1.54, 1.807) is 24.0 Å². The molecule has 1 saturated heterocycles. The Labute approximate surface area is 162 Å². The minimum Gasteiger partial charge on any atom is -0.391 e. The molecule has 1 fully saturated rings. The molecule has 0 spiro atoms. The SMILES string of the molecule is Cc1[nH]c(-c2ccc(F)cc2)nc1C(=O)N1CC[C@H](c2ccccc2)[C@H](O)C1. The summed E-state index contributed by atoms with van der Waals surface area (Å²) in [6.07, 6.45) is 0.0847. The quantitative estimate of drug-likeness (QED) is 0.732. The van der Waals surface area contributed by atoms with Crippen molar-refractivity contribution in [3.05, 3.63) is 77.4 Å². The van der Waals surface area contributed by atoms with E-state index in [0.717, 1.165) is 5.56 Å². The van der Waals surface area contributed by atoms with Gasteiger partial charge in [-0.15, -0.1) is 0 Å². The number of imidazole rings is 1. The van der Waals surface area contributed by atoms with E-state index >= 15 is 0 Å². The first-order valence-corrected chi connectivity index (χ1v) is 9.38. The van der Waals surface area contributed by atoms with Crippen LogP contribution in [0.25, 0.3) is 11.4 Å². The van der Waals surface area contributed by atoms with Crippen LogP contribution in [0.4, 0.5) is 4.39 Å². The number of aryl methyl sites for hydroxylation is 1. The molecule has 3 aromatic rings. The second-order valence-electron chi connectivity index (χ2n) is 7.19. The van der Waals surface area contributed by atoms with Gasteiger partial charge in [0, 0.05) is 30.3 Å². The van der Waals surface area contributed by atoms with Gasteiger partial charge in [-0.25, -0.2) is 9.37 Å². The maximum atomic E-state index is 13.1. The number of aliphatic hydroxyl groups is 1. The van der Waals surface area contributed by atoms with Crippen molar-refractivity contribution in [2.45, 2.75) is 25.4 Å². The highest BCUT2D eigenvalue weighted by Crippen LogP contribution is 2.29. The number of halogens is 1. The van der Waals surface area contributed by atoms with Gasteiger partial charge in [-0.1, -0.05) is 30.3 Å². The third-order valence-electron chi connectivity index (χ3n) is 5.30. The molecule has 28 heavy (non-hydrogen) atoms. The van der Waals surface area contributed by atoms with Crippen LogP contribution in [0.15, 0.2) is 54.6 Å². The number of carbonyl (C=O) groups is 1. The minimum absolute atomic E-state index is 0.0281.